The minimum Gasteiger partial charge on any atom is -0.506 e. The van der Waals surface area contributed by atoms with E-state index in [1.165, 1.54) is 31.7 Å². The van der Waals surface area contributed by atoms with Crippen molar-refractivity contribution in [3.8, 4) is 17.2 Å². The van der Waals surface area contributed by atoms with Crippen LogP contribution in [0.2, 0.25) is 5.02 Å². The molecule has 3 aromatic rings. The Kier molecular flexibility index (Phi) is 6.58. The number of likely N-dealkylation sites (tertiary alicyclic amines) is 1. The van der Waals surface area contributed by atoms with Crippen LogP contribution in [0.15, 0.2) is 30.6 Å². The quantitative estimate of drug-likeness (QED) is 0.542. The molecule has 2 aromatic carbocycles. The van der Waals surface area contributed by atoms with E-state index in [0.717, 1.165) is 25.7 Å². The molecule has 7 nitrogen and oxygen atoms in total. The maximum absolute atomic E-state index is 14.3. The minimum absolute atomic E-state index is 0.0442. The predicted molar refractivity (Wildman–Crippen MR) is 118 cm³/mol. The highest BCUT2D eigenvalue weighted by molar-refractivity contribution is 6.32. The maximum atomic E-state index is 14.3. The fraction of sp³-hybridized carbons (Fsp3) is 0.364. The smallest absolute Gasteiger partial charge is 0.163 e. The highest BCUT2D eigenvalue weighted by Crippen LogP contribution is 2.36. The monoisotopic (exact) mass is 446 g/mol. The zero-order valence-electron chi connectivity index (χ0n) is 17.2. The number of phenolic OH excluding ortho intramolecular Hbond substituents is 1. The summed E-state index contributed by atoms with van der Waals surface area (Å²) in [6, 6.07) is 5.78. The second-order valence-corrected chi connectivity index (χ2v) is 7.81. The Morgan fingerprint density at radius 2 is 1.94 bits per heavy atom. The van der Waals surface area contributed by atoms with E-state index >= 15 is 0 Å². The van der Waals surface area contributed by atoms with Gasteiger partial charge in [-0.1, -0.05) is 18.0 Å². The van der Waals surface area contributed by atoms with Crippen LogP contribution >= 0.6 is 11.6 Å². The second kappa shape index (κ2) is 9.53. The lowest BCUT2D eigenvalue weighted by molar-refractivity contribution is 0.181. The predicted octanol–water partition coefficient (Wildman–Crippen LogP) is 4.74. The first-order valence-corrected chi connectivity index (χ1v) is 10.6. The van der Waals surface area contributed by atoms with Gasteiger partial charge in [0.25, 0.3) is 0 Å². The zero-order chi connectivity index (χ0) is 21.8. The van der Waals surface area contributed by atoms with Crippen molar-refractivity contribution < 1.29 is 19.0 Å². The van der Waals surface area contributed by atoms with E-state index in [1.807, 2.05) is 0 Å². The Bertz CT molecular complexity index is 1080. The number of hydrogen-bond donors (Lipinski definition) is 2. The van der Waals surface area contributed by atoms with Crippen LogP contribution in [-0.2, 0) is 0 Å². The average Bonchev–Trinajstić information content (AvgIpc) is 2.78. The van der Waals surface area contributed by atoms with Crippen molar-refractivity contribution in [3.63, 3.8) is 0 Å². The highest BCUT2D eigenvalue weighted by Gasteiger charge is 2.15. The summed E-state index contributed by atoms with van der Waals surface area (Å²) < 4.78 is 25.8. The molecular formula is C22H24ClFN4O3. The number of phenols is 1. The topological polar surface area (TPSA) is 79.7 Å². The Hall–Kier alpha value is -2.84. The second-order valence-electron chi connectivity index (χ2n) is 7.40. The van der Waals surface area contributed by atoms with E-state index in [-0.39, 0.29) is 16.5 Å². The normalized spacial score (nSPS) is 14.5. The van der Waals surface area contributed by atoms with Crippen LogP contribution in [0.1, 0.15) is 19.3 Å². The molecule has 1 saturated heterocycles. The van der Waals surface area contributed by atoms with Gasteiger partial charge in [0.1, 0.15) is 30.3 Å². The summed E-state index contributed by atoms with van der Waals surface area (Å²) >= 11 is 5.76. The number of benzene rings is 2. The number of methoxy groups -OCH3 is 1. The van der Waals surface area contributed by atoms with Gasteiger partial charge in [-0.05, 0) is 38.1 Å². The standard InChI is InChI=1S/C22H24ClFN4O3/c1-30-20-9-14-17(12-21(20)31-8-7-28-5-3-2-4-6-28)25-13-26-22(14)27-18-11-19(29)15(23)10-16(18)24/h9-13,29H,2-8H2,1H3,(H,25,26,27). The third kappa shape index (κ3) is 4.91. The van der Waals surface area contributed by atoms with E-state index in [1.54, 1.807) is 19.2 Å². The minimum atomic E-state index is -0.612. The summed E-state index contributed by atoms with van der Waals surface area (Å²) in [5, 5.41) is 13.2. The first-order valence-electron chi connectivity index (χ1n) is 10.2. The molecule has 1 aliphatic rings. The summed E-state index contributed by atoms with van der Waals surface area (Å²) in [5.74, 6) is 0.643. The largest absolute Gasteiger partial charge is 0.506 e. The lowest BCUT2D eigenvalue weighted by Gasteiger charge is -2.26. The fourth-order valence-corrected chi connectivity index (χ4v) is 3.81. The summed E-state index contributed by atoms with van der Waals surface area (Å²) in [7, 11) is 1.56. The highest BCUT2D eigenvalue weighted by atomic mass is 35.5. The van der Waals surface area contributed by atoms with Crippen molar-refractivity contribution in [2.75, 3.05) is 38.7 Å². The van der Waals surface area contributed by atoms with Crippen molar-refractivity contribution in [3.05, 3.63) is 41.4 Å². The van der Waals surface area contributed by atoms with Gasteiger partial charge in [0, 0.05) is 24.1 Å². The van der Waals surface area contributed by atoms with Crippen molar-refractivity contribution in [1.29, 1.82) is 0 Å². The van der Waals surface area contributed by atoms with Crippen molar-refractivity contribution in [1.82, 2.24) is 14.9 Å². The van der Waals surface area contributed by atoms with Gasteiger partial charge in [-0.25, -0.2) is 14.4 Å². The lowest BCUT2D eigenvalue weighted by Crippen LogP contribution is -2.33. The number of piperidine rings is 1. The van der Waals surface area contributed by atoms with Crippen LogP contribution in [0.4, 0.5) is 15.9 Å². The van der Waals surface area contributed by atoms with Gasteiger partial charge >= 0.3 is 0 Å². The molecule has 2 heterocycles. The van der Waals surface area contributed by atoms with E-state index in [9.17, 15) is 9.50 Å². The lowest BCUT2D eigenvalue weighted by atomic mass is 10.1. The van der Waals surface area contributed by atoms with Crippen molar-refractivity contribution >= 4 is 34.0 Å². The molecule has 9 heteroatoms. The summed E-state index contributed by atoms with van der Waals surface area (Å²) in [6.07, 6.45) is 5.14. The maximum Gasteiger partial charge on any atom is 0.163 e. The molecule has 0 spiro atoms. The number of fused-ring (bicyclic) bond motifs is 1. The first-order chi connectivity index (χ1) is 15.0. The molecule has 0 amide bonds. The van der Waals surface area contributed by atoms with Gasteiger partial charge in [0.15, 0.2) is 11.5 Å². The average molecular weight is 447 g/mol. The number of rotatable bonds is 7. The zero-order valence-corrected chi connectivity index (χ0v) is 18.0. The third-order valence-corrected chi connectivity index (χ3v) is 5.63. The van der Waals surface area contributed by atoms with Crippen LogP contribution in [0, 0.1) is 5.82 Å². The number of ether oxygens (including phenoxy) is 2. The molecule has 164 valence electrons. The number of aromatic hydroxyl groups is 1. The first kappa shape index (κ1) is 21.4. The van der Waals surface area contributed by atoms with Gasteiger partial charge in [-0.3, -0.25) is 4.90 Å². The molecule has 0 bridgehead atoms. The van der Waals surface area contributed by atoms with Crippen LogP contribution in [0.3, 0.4) is 0 Å². The molecular weight excluding hydrogens is 423 g/mol. The molecule has 0 aliphatic carbocycles. The number of anilines is 2. The SMILES string of the molecule is COc1cc2c(Nc3cc(O)c(Cl)cc3F)ncnc2cc1OCCN1CCCCC1. The molecule has 0 saturated carbocycles. The van der Waals surface area contributed by atoms with Crippen molar-refractivity contribution in [2.24, 2.45) is 0 Å². The fourth-order valence-electron chi connectivity index (χ4n) is 3.66. The number of aromatic nitrogens is 2. The van der Waals surface area contributed by atoms with Gasteiger partial charge < -0.3 is 19.9 Å². The number of nitrogens with one attached hydrogen (secondary N) is 1. The molecule has 1 fully saturated rings. The van der Waals surface area contributed by atoms with Crippen LogP contribution in [0.25, 0.3) is 10.9 Å². The number of nitrogens with zero attached hydrogens (tertiary/aromatic N) is 3. The molecule has 31 heavy (non-hydrogen) atoms. The molecule has 0 radical (unpaired) electrons. The van der Waals surface area contributed by atoms with Crippen LogP contribution in [-0.4, -0.2) is 53.3 Å². The van der Waals surface area contributed by atoms with Crippen LogP contribution in [0.5, 0.6) is 17.2 Å². The third-order valence-electron chi connectivity index (χ3n) is 5.32. The number of halogens is 2. The molecule has 1 aromatic heterocycles. The van der Waals surface area contributed by atoms with Gasteiger partial charge in [0.05, 0.1) is 23.3 Å². The Morgan fingerprint density at radius 1 is 1.13 bits per heavy atom. The Morgan fingerprint density at radius 3 is 2.71 bits per heavy atom. The van der Waals surface area contributed by atoms with Crippen molar-refractivity contribution in [2.45, 2.75) is 19.3 Å². The number of hydrogen-bond acceptors (Lipinski definition) is 7. The molecule has 0 unspecified atom stereocenters. The molecule has 0 atom stereocenters. The molecule has 4 rings (SSSR count). The summed E-state index contributed by atoms with van der Waals surface area (Å²) in [5.41, 5.74) is 0.660. The molecule has 1 aliphatic heterocycles. The van der Waals surface area contributed by atoms with Gasteiger partial charge in [0.2, 0.25) is 0 Å². The van der Waals surface area contributed by atoms with E-state index in [0.29, 0.717) is 34.8 Å². The Labute approximate surface area is 184 Å². The van der Waals surface area contributed by atoms with E-state index in [2.05, 4.69) is 20.2 Å². The summed E-state index contributed by atoms with van der Waals surface area (Å²) in [4.78, 5) is 10.9. The van der Waals surface area contributed by atoms with Crippen LogP contribution < -0.4 is 14.8 Å². The van der Waals surface area contributed by atoms with E-state index in [4.69, 9.17) is 21.1 Å². The molecule has 2 N–H and O–H groups in total. The van der Waals surface area contributed by atoms with Gasteiger partial charge in [-0.15, -0.1) is 0 Å². The Balaban J connectivity index is 1.57. The van der Waals surface area contributed by atoms with E-state index < -0.39 is 5.82 Å². The van der Waals surface area contributed by atoms with Gasteiger partial charge in [-0.2, -0.15) is 0 Å². The summed E-state index contributed by atoms with van der Waals surface area (Å²) in [6.45, 7) is 3.62.